The molecular formula is C22H27NO7. The first-order valence-electron chi connectivity index (χ1n) is 9.61. The van der Waals surface area contributed by atoms with Crippen LogP contribution in [0.5, 0.6) is 17.2 Å². The molecule has 0 saturated carbocycles. The van der Waals surface area contributed by atoms with Crippen LogP contribution in [0.4, 0.5) is 0 Å². The highest BCUT2D eigenvalue weighted by molar-refractivity contribution is 5.91. The molecule has 0 aliphatic carbocycles. The lowest BCUT2D eigenvalue weighted by Gasteiger charge is -2.41. The van der Waals surface area contributed by atoms with Crippen LogP contribution in [-0.4, -0.2) is 68.3 Å². The Labute approximate surface area is 175 Å². The quantitative estimate of drug-likeness (QED) is 0.676. The number of hydrogen-bond acceptors (Lipinski definition) is 7. The first-order chi connectivity index (χ1) is 14.5. The molecule has 8 nitrogen and oxygen atoms in total. The molecule has 0 aromatic heterocycles. The molecule has 0 spiro atoms. The first kappa shape index (κ1) is 21.9. The van der Waals surface area contributed by atoms with E-state index in [9.17, 15) is 15.0 Å². The van der Waals surface area contributed by atoms with Gasteiger partial charge in [0, 0.05) is 13.1 Å². The summed E-state index contributed by atoms with van der Waals surface area (Å²) in [5, 5.41) is 19.4. The SMILES string of the molecule is COc1ccc([C@@H]2[C@@H](CO)OCCN2Cc2ccc(OC)c(C(=O)O)c2)cc1OC. The molecule has 1 heterocycles. The fourth-order valence-corrected chi connectivity index (χ4v) is 3.83. The van der Waals surface area contributed by atoms with E-state index in [1.54, 1.807) is 26.4 Å². The molecule has 2 N–H and O–H groups in total. The number of morpholine rings is 1. The fourth-order valence-electron chi connectivity index (χ4n) is 3.83. The predicted octanol–water partition coefficient (Wildman–Crippen LogP) is 2.35. The van der Waals surface area contributed by atoms with Gasteiger partial charge in [-0.1, -0.05) is 12.1 Å². The molecule has 2 aromatic rings. The third-order valence-electron chi connectivity index (χ3n) is 5.27. The van der Waals surface area contributed by atoms with Crippen molar-refractivity contribution in [2.24, 2.45) is 0 Å². The van der Waals surface area contributed by atoms with E-state index in [1.165, 1.54) is 7.11 Å². The molecule has 162 valence electrons. The average Bonchev–Trinajstić information content (AvgIpc) is 2.78. The van der Waals surface area contributed by atoms with Crippen molar-refractivity contribution in [2.45, 2.75) is 18.7 Å². The van der Waals surface area contributed by atoms with Gasteiger partial charge in [-0.2, -0.15) is 0 Å². The number of hydrogen-bond donors (Lipinski definition) is 2. The zero-order valence-corrected chi connectivity index (χ0v) is 17.3. The Morgan fingerprint density at radius 2 is 1.77 bits per heavy atom. The van der Waals surface area contributed by atoms with Gasteiger partial charge in [0.15, 0.2) is 11.5 Å². The van der Waals surface area contributed by atoms with Gasteiger partial charge in [0.1, 0.15) is 17.4 Å². The van der Waals surface area contributed by atoms with Crippen LogP contribution in [0.25, 0.3) is 0 Å². The van der Waals surface area contributed by atoms with Gasteiger partial charge in [-0.25, -0.2) is 4.79 Å². The molecule has 0 amide bonds. The van der Waals surface area contributed by atoms with Crippen LogP contribution in [0, 0.1) is 0 Å². The second kappa shape index (κ2) is 9.80. The highest BCUT2D eigenvalue weighted by Gasteiger charge is 2.34. The van der Waals surface area contributed by atoms with Crippen molar-refractivity contribution in [3.63, 3.8) is 0 Å². The molecule has 30 heavy (non-hydrogen) atoms. The predicted molar refractivity (Wildman–Crippen MR) is 109 cm³/mol. The van der Waals surface area contributed by atoms with Gasteiger partial charge in [0.25, 0.3) is 0 Å². The lowest BCUT2D eigenvalue weighted by Crippen LogP contribution is -2.46. The number of rotatable bonds is 8. The van der Waals surface area contributed by atoms with Crippen LogP contribution >= 0.6 is 0 Å². The minimum absolute atomic E-state index is 0.115. The fraction of sp³-hybridized carbons (Fsp3) is 0.409. The van der Waals surface area contributed by atoms with E-state index in [2.05, 4.69) is 4.90 Å². The van der Waals surface area contributed by atoms with Crippen LogP contribution in [-0.2, 0) is 11.3 Å². The summed E-state index contributed by atoms with van der Waals surface area (Å²) in [6.07, 6.45) is -0.422. The minimum atomic E-state index is -1.04. The van der Waals surface area contributed by atoms with Crippen LogP contribution in [0.1, 0.15) is 27.5 Å². The first-order valence-corrected chi connectivity index (χ1v) is 9.61. The molecule has 1 aliphatic rings. The maximum atomic E-state index is 11.6. The summed E-state index contributed by atoms with van der Waals surface area (Å²) in [5.74, 6) is 0.486. The Morgan fingerprint density at radius 3 is 2.40 bits per heavy atom. The summed E-state index contributed by atoms with van der Waals surface area (Å²) in [4.78, 5) is 13.7. The number of ether oxygens (including phenoxy) is 4. The second-order valence-electron chi connectivity index (χ2n) is 6.96. The van der Waals surface area contributed by atoms with Crippen molar-refractivity contribution < 1.29 is 34.0 Å². The Balaban J connectivity index is 1.94. The van der Waals surface area contributed by atoms with Crippen molar-refractivity contribution >= 4 is 5.97 Å². The van der Waals surface area contributed by atoms with Gasteiger partial charge in [-0.3, -0.25) is 4.90 Å². The number of nitrogens with zero attached hydrogens (tertiary/aromatic N) is 1. The number of benzene rings is 2. The van der Waals surface area contributed by atoms with Crippen LogP contribution in [0.15, 0.2) is 36.4 Å². The highest BCUT2D eigenvalue weighted by atomic mass is 16.5. The third-order valence-corrected chi connectivity index (χ3v) is 5.27. The zero-order chi connectivity index (χ0) is 21.7. The topological polar surface area (TPSA) is 97.7 Å². The highest BCUT2D eigenvalue weighted by Crippen LogP contribution is 2.36. The summed E-state index contributed by atoms with van der Waals surface area (Å²) in [6, 6.07) is 10.5. The number of carbonyl (C=O) groups is 1. The van der Waals surface area contributed by atoms with E-state index >= 15 is 0 Å². The Morgan fingerprint density at radius 1 is 1.07 bits per heavy atom. The van der Waals surface area contributed by atoms with E-state index in [4.69, 9.17) is 18.9 Å². The van der Waals surface area contributed by atoms with Crippen molar-refractivity contribution in [1.29, 1.82) is 0 Å². The number of aliphatic hydroxyl groups is 1. The van der Waals surface area contributed by atoms with E-state index < -0.39 is 12.1 Å². The monoisotopic (exact) mass is 417 g/mol. The molecule has 1 aliphatic heterocycles. The minimum Gasteiger partial charge on any atom is -0.496 e. The summed E-state index contributed by atoms with van der Waals surface area (Å²) in [7, 11) is 4.60. The molecule has 3 rings (SSSR count). The smallest absolute Gasteiger partial charge is 0.339 e. The third kappa shape index (κ3) is 4.51. The molecule has 0 unspecified atom stereocenters. The maximum absolute atomic E-state index is 11.6. The van der Waals surface area contributed by atoms with Crippen LogP contribution in [0.2, 0.25) is 0 Å². The van der Waals surface area contributed by atoms with Gasteiger partial charge in [-0.05, 0) is 35.4 Å². The van der Waals surface area contributed by atoms with Gasteiger partial charge >= 0.3 is 5.97 Å². The lowest BCUT2D eigenvalue weighted by atomic mass is 9.96. The van der Waals surface area contributed by atoms with Gasteiger partial charge in [0.2, 0.25) is 0 Å². The molecular weight excluding hydrogens is 390 g/mol. The Bertz CT molecular complexity index is 886. The molecule has 1 saturated heterocycles. The lowest BCUT2D eigenvalue weighted by molar-refractivity contribution is -0.0961. The normalized spacial score (nSPS) is 19.3. The van der Waals surface area contributed by atoms with Crippen molar-refractivity contribution in [2.75, 3.05) is 41.1 Å². The molecule has 8 heteroatoms. The van der Waals surface area contributed by atoms with Crippen molar-refractivity contribution in [3.8, 4) is 17.2 Å². The van der Waals surface area contributed by atoms with Crippen molar-refractivity contribution in [3.05, 3.63) is 53.1 Å². The number of carboxylic acid groups (broad SMARTS) is 1. The van der Waals surface area contributed by atoms with E-state index in [0.717, 1.165) is 11.1 Å². The second-order valence-corrected chi connectivity index (χ2v) is 6.96. The molecule has 2 aromatic carbocycles. The molecule has 0 bridgehead atoms. The Hall–Kier alpha value is -2.81. The van der Waals surface area contributed by atoms with E-state index in [-0.39, 0.29) is 18.2 Å². The molecule has 0 radical (unpaired) electrons. The van der Waals surface area contributed by atoms with Crippen LogP contribution < -0.4 is 14.2 Å². The average molecular weight is 417 g/mol. The van der Waals surface area contributed by atoms with E-state index in [0.29, 0.717) is 36.9 Å². The Kier molecular flexibility index (Phi) is 7.15. The van der Waals surface area contributed by atoms with Crippen molar-refractivity contribution in [1.82, 2.24) is 4.90 Å². The van der Waals surface area contributed by atoms with Gasteiger partial charge in [-0.15, -0.1) is 0 Å². The number of methoxy groups -OCH3 is 3. The maximum Gasteiger partial charge on any atom is 0.339 e. The summed E-state index contributed by atoms with van der Waals surface area (Å²) < 4.78 is 21.7. The standard InChI is InChI=1S/C22H27NO7/c1-27-17-6-4-14(10-16(17)22(25)26)12-23-8-9-30-20(13-24)21(23)15-5-7-18(28-2)19(11-15)29-3/h4-7,10-11,20-21,24H,8-9,12-13H2,1-3H3,(H,25,26)/t20-,21-/m1/s1. The zero-order valence-electron chi connectivity index (χ0n) is 17.3. The van der Waals surface area contributed by atoms with Crippen LogP contribution in [0.3, 0.4) is 0 Å². The number of aromatic carboxylic acids is 1. The molecule has 1 fully saturated rings. The number of aliphatic hydroxyl groups excluding tert-OH is 1. The molecule has 2 atom stereocenters. The van der Waals surface area contributed by atoms with Gasteiger partial charge < -0.3 is 29.2 Å². The van der Waals surface area contributed by atoms with Gasteiger partial charge in [0.05, 0.1) is 40.6 Å². The summed E-state index contributed by atoms with van der Waals surface area (Å²) in [6.45, 7) is 1.45. The summed E-state index contributed by atoms with van der Waals surface area (Å²) in [5.41, 5.74) is 1.86. The number of carboxylic acids is 1. The largest absolute Gasteiger partial charge is 0.496 e. The summed E-state index contributed by atoms with van der Waals surface area (Å²) >= 11 is 0. The van der Waals surface area contributed by atoms with E-state index in [1.807, 2.05) is 24.3 Å².